The van der Waals surface area contributed by atoms with E-state index in [2.05, 4.69) is 20.1 Å². The van der Waals surface area contributed by atoms with Crippen LogP contribution in [0.15, 0.2) is 76.8 Å². The van der Waals surface area contributed by atoms with Crippen LogP contribution in [0.5, 0.6) is 0 Å². The van der Waals surface area contributed by atoms with Gasteiger partial charge in [0, 0.05) is 18.1 Å². The van der Waals surface area contributed by atoms with E-state index >= 15 is 0 Å². The van der Waals surface area contributed by atoms with E-state index in [1.54, 1.807) is 0 Å². The highest BCUT2D eigenvalue weighted by Gasteiger charge is 2.32. The minimum Gasteiger partial charge on any atom is -0.451 e. The summed E-state index contributed by atoms with van der Waals surface area (Å²) in [4.78, 5) is 27.6. The van der Waals surface area contributed by atoms with Crippen molar-refractivity contribution >= 4 is 32.9 Å². The van der Waals surface area contributed by atoms with E-state index in [0.29, 0.717) is 17.0 Å². The summed E-state index contributed by atoms with van der Waals surface area (Å²) < 4.78 is 69.9. The number of nitrogens with zero attached hydrogens (tertiary/aromatic N) is 3. The van der Waals surface area contributed by atoms with Crippen LogP contribution in [-0.2, 0) is 27.3 Å². The van der Waals surface area contributed by atoms with Gasteiger partial charge in [0.2, 0.25) is 9.84 Å². The molecule has 9 nitrogen and oxygen atoms in total. The van der Waals surface area contributed by atoms with Gasteiger partial charge in [-0.2, -0.15) is 18.3 Å². The number of halogens is 3. The van der Waals surface area contributed by atoms with Crippen LogP contribution < -0.4 is 5.32 Å². The molecule has 2 aromatic carbocycles. The van der Waals surface area contributed by atoms with Gasteiger partial charge >= 0.3 is 12.3 Å². The predicted octanol–water partition coefficient (Wildman–Crippen LogP) is 3.83. The van der Waals surface area contributed by atoms with Crippen molar-refractivity contribution in [3.05, 3.63) is 83.7 Å². The molecule has 0 unspecified atom stereocenters. The van der Waals surface area contributed by atoms with Crippen molar-refractivity contribution in [1.29, 1.82) is 0 Å². The zero-order valence-corrected chi connectivity index (χ0v) is 19.3. The number of ether oxygens (including phenoxy) is 1. The van der Waals surface area contributed by atoms with E-state index in [1.165, 1.54) is 49.8 Å². The number of carbonyl (C=O) groups is 2. The fourth-order valence-corrected chi connectivity index (χ4v) is 4.62. The summed E-state index contributed by atoms with van der Waals surface area (Å²) in [6.45, 7) is 0.0438. The van der Waals surface area contributed by atoms with Gasteiger partial charge in [-0.1, -0.05) is 18.2 Å². The first kappa shape index (κ1) is 24.9. The third kappa shape index (κ3) is 4.91. The van der Waals surface area contributed by atoms with Gasteiger partial charge in [-0.05, 0) is 42.0 Å². The van der Waals surface area contributed by atoms with Crippen LogP contribution >= 0.6 is 0 Å². The van der Waals surface area contributed by atoms with Crippen molar-refractivity contribution in [3.63, 3.8) is 0 Å². The zero-order chi connectivity index (χ0) is 26.1. The Hall–Kier alpha value is -4.26. The molecule has 0 spiro atoms. The van der Waals surface area contributed by atoms with Crippen molar-refractivity contribution in [3.8, 4) is 0 Å². The lowest BCUT2D eigenvalue weighted by molar-refractivity contribution is -0.137. The molecule has 1 amide bonds. The van der Waals surface area contributed by atoms with Crippen LogP contribution in [0, 0.1) is 0 Å². The van der Waals surface area contributed by atoms with E-state index in [9.17, 15) is 31.2 Å². The maximum atomic E-state index is 13.0. The zero-order valence-electron chi connectivity index (χ0n) is 18.5. The standard InChI is InChI=1S/C23H17F3N4O5S/c1-35-22(32)30-20-15(13-29-30)9-16(12-27-20)21(31)28-11-14-5-7-18(8-6-14)36(33,34)19-4-2-3-17(10-19)23(24,25)26/h2-10,12-13H,11H2,1H3,(H,28,31). The van der Waals surface area contributed by atoms with E-state index < -0.39 is 38.5 Å². The molecule has 36 heavy (non-hydrogen) atoms. The number of amides is 1. The molecule has 1 N–H and O–H groups in total. The monoisotopic (exact) mass is 518 g/mol. The van der Waals surface area contributed by atoms with Crippen molar-refractivity contribution in [2.75, 3.05) is 7.11 Å². The maximum Gasteiger partial charge on any atom is 0.436 e. The van der Waals surface area contributed by atoms with E-state index in [4.69, 9.17) is 0 Å². The fraction of sp³-hybridized carbons (Fsp3) is 0.130. The van der Waals surface area contributed by atoms with Crippen LogP contribution in [-0.4, -0.2) is 42.3 Å². The Balaban J connectivity index is 1.46. The van der Waals surface area contributed by atoms with Crippen LogP contribution in [0.2, 0.25) is 0 Å². The topological polar surface area (TPSA) is 120 Å². The Bertz CT molecular complexity index is 1560. The van der Waals surface area contributed by atoms with Crippen molar-refractivity contribution in [2.24, 2.45) is 0 Å². The number of benzene rings is 2. The smallest absolute Gasteiger partial charge is 0.436 e. The average Bonchev–Trinajstić information content (AvgIpc) is 3.30. The lowest BCUT2D eigenvalue weighted by atomic mass is 10.2. The molecule has 0 aliphatic rings. The number of rotatable bonds is 5. The number of hydrogen-bond acceptors (Lipinski definition) is 7. The quantitative estimate of drug-likeness (QED) is 0.426. The normalized spacial score (nSPS) is 11.9. The molecule has 0 radical (unpaired) electrons. The highest BCUT2D eigenvalue weighted by Crippen LogP contribution is 2.32. The molecule has 4 rings (SSSR count). The van der Waals surface area contributed by atoms with Crippen LogP contribution in [0.25, 0.3) is 11.0 Å². The third-order valence-electron chi connectivity index (χ3n) is 5.18. The van der Waals surface area contributed by atoms with E-state index in [0.717, 1.165) is 22.9 Å². The average molecular weight is 518 g/mol. The van der Waals surface area contributed by atoms with E-state index in [1.807, 2.05) is 0 Å². The number of hydrogen-bond donors (Lipinski definition) is 1. The number of pyridine rings is 1. The minimum absolute atomic E-state index is 0.0438. The molecule has 0 saturated carbocycles. The lowest BCUT2D eigenvalue weighted by Crippen LogP contribution is -2.23. The molecule has 0 atom stereocenters. The molecule has 2 heterocycles. The lowest BCUT2D eigenvalue weighted by Gasteiger charge is -2.10. The van der Waals surface area contributed by atoms with Crippen molar-refractivity contribution < 1.29 is 35.9 Å². The van der Waals surface area contributed by atoms with Gasteiger partial charge in [-0.15, -0.1) is 4.68 Å². The first-order chi connectivity index (χ1) is 17.0. The maximum absolute atomic E-state index is 13.0. The number of fused-ring (bicyclic) bond motifs is 1. The third-order valence-corrected chi connectivity index (χ3v) is 6.94. The Morgan fingerprint density at radius 1 is 1.03 bits per heavy atom. The van der Waals surface area contributed by atoms with Gasteiger partial charge in [0.15, 0.2) is 5.65 Å². The molecular weight excluding hydrogens is 501 g/mol. The van der Waals surface area contributed by atoms with Gasteiger partial charge in [-0.3, -0.25) is 4.79 Å². The Kier molecular flexibility index (Phi) is 6.50. The van der Waals surface area contributed by atoms with Crippen molar-refractivity contribution in [1.82, 2.24) is 20.1 Å². The SMILES string of the molecule is COC(=O)n1ncc2cc(C(=O)NCc3ccc(S(=O)(=O)c4cccc(C(F)(F)F)c4)cc3)cnc21. The number of carbonyl (C=O) groups excluding carboxylic acids is 2. The van der Waals surface area contributed by atoms with Gasteiger partial charge in [0.1, 0.15) is 0 Å². The van der Waals surface area contributed by atoms with Crippen LogP contribution in [0.4, 0.5) is 18.0 Å². The number of sulfone groups is 1. The number of nitrogens with one attached hydrogen (secondary N) is 1. The van der Waals surface area contributed by atoms with Crippen LogP contribution in [0.1, 0.15) is 21.5 Å². The molecule has 0 bridgehead atoms. The summed E-state index contributed by atoms with van der Waals surface area (Å²) in [6, 6.07) is 10.4. The summed E-state index contributed by atoms with van der Waals surface area (Å²) in [5.41, 5.74) is -0.0845. The number of methoxy groups -OCH3 is 1. The molecule has 186 valence electrons. The van der Waals surface area contributed by atoms with Gasteiger partial charge in [0.05, 0.1) is 34.2 Å². The van der Waals surface area contributed by atoms with Crippen LogP contribution in [0.3, 0.4) is 0 Å². The molecule has 13 heteroatoms. The van der Waals surface area contributed by atoms with Gasteiger partial charge < -0.3 is 10.1 Å². The highest BCUT2D eigenvalue weighted by atomic mass is 32.2. The largest absolute Gasteiger partial charge is 0.451 e. The Labute approximate surface area is 202 Å². The molecule has 0 fully saturated rings. The van der Waals surface area contributed by atoms with Crippen molar-refractivity contribution in [2.45, 2.75) is 22.5 Å². The highest BCUT2D eigenvalue weighted by molar-refractivity contribution is 7.91. The Morgan fingerprint density at radius 2 is 1.75 bits per heavy atom. The number of aromatic nitrogens is 3. The minimum atomic E-state index is -4.67. The second kappa shape index (κ2) is 9.41. The molecular formula is C23H17F3N4O5S. The number of alkyl halides is 3. The first-order valence-corrected chi connectivity index (χ1v) is 11.7. The second-order valence-corrected chi connectivity index (χ2v) is 9.47. The van der Waals surface area contributed by atoms with E-state index in [-0.39, 0.29) is 22.7 Å². The van der Waals surface area contributed by atoms with Gasteiger partial charge in [-0.25, -0.2) is 18.2 Å². The summed E-state index contributed by atoms with van der Waals surface area (Å²) >= 11 is 0. The molecule has 4 aromatic rings. The summed E-state index contributed by atoms with van der Waals surface area (Å²) in [5, 5.41) is 6.97. The molecule has 0 saturated heterocycles. The predicted molar refractivity (Wildman–Crippen MR) is 120 cm³/mol. The summed E-state index contributed by atoms with van der Waals surface area (Å²) in [6.07, 6.45) is -2.77. The summed E-state index contributed by atoms with van der Waals surface area (Å²) in [5.74, 6) is -0.476. The summed E-state index contributed by atoms with van der Waals surface area (Å²) in [7, 11) is -2.98. The van der Waals surface area contributed by atoms with Gasteiger partial charge in [0.25, 0.3) is 5.91 Å². The Morgan fingerprint density at radius 3 is 2.42 bits per heavy atom. The second-order valence-electron chi connectivity index (χ2n) is 7.52. The fourth-order valence-electron chi connectivity index (χ4n) is 3.31. The first-order valence-electron chi connectivity index (χ1n) is 10.2. The molecule has 0 aliphatic heterocycles. The molecule has 2 aromatic heterocycles. The molecule has 0 aliphatic carbocycles.